The Kier molecular flexibility index (Phi) is 2.52. The average molecular weight is 232 g/mol. The summed E-state index contributed by atoms with van der Waals surface area (Å²) in [4.78, 5) is 4.11. The maximum atomic E-state index is 9.27. The Balaban J connectivity index is 2.49. The lowest BCUT2D eigenvalue weighted by Gasteiger charge is -2.06. The summed E-state index contributed by atoms with van der Waals surface area (Å²) in [5.41, 5.74) is 0.618. The van der Waals surface area contributed by atoms with Gasteiger partial charge in [-0.3, -0.25) is 0 Å². The summed E-state index contributed by atoms with van der Waals surface area (Å²) in [6.07, 6.45) is 0. The number of hydrogen-bond acceptors (Lipinski definition) is 3. The molecule has 0 radical (unpaired) electrons. The van der Waals surface area contributed by atoms with Crippen molar-refractivity contribution in [2.75, 3.05) is 13.2 Å². The van der Waals surface area contributed by atoms with E-state index < -0.39 is 0 Å². The van der Waals surface area contributed by atoms with Crippen molar-refractivity contribution in [1.82, 2.24) is 0 Å². The van der Waals surface area contributed by atoms with Gasteiger partial charge in [-0.2, -0.15) is 0 Å². The standard InChI is InChI=1S/C9H7Cl2NO2/c10-7-5(9-12-3-4-14-9)1-2-6(13)8(7)11/h1-2,13H,3-4H2. The molecular formula is C9H7Cl2NO2. The van der Waals surface area contributed by atoms with Crippen molar-refractivity contribution in [2.45, 2.75) is 0 Å². The highest BCUT2D eigenvalue weighted by atomic mass is 35.5. The highest BCUT2D eigenvalue weighted by molar-refractivity contribution is 6.44. The normalized spacial score (nSPS) is 15.1. The van der Waals surface area contributed by atoms with Crippen LogP contribution in [0.1, 0.15) is 5.56 Å². The molecule has 0 atom stereocenters. The number of phenols is 1. The number of aromatic hydroxyl groups is 1. The number of halogens is 2. The number of aliphatic imine (C=N–C) groups is 1. The van der Waals surface area contributed by atoms with Crippen molar-refractivity contribution in [3.63, 3.8) is 0 Å². The molecular weight excluding hydrogens is 225 g/mol. The summed E-state index contributed by atoms with van der Waals surface area (Å²) < 4.78 is 5.24. The van der Waals surface area contributed by atoms with Gasteiger partial charge < -0.3 is 9.84 Å². The van der Waals surface area contributed by atoms with Crippen LogP contribution in [0, 0.1) is 0 Å². The number of rotatable bonds is 1. The van der Waals surface area contributed by atoms with Crippen molar-refractivity contribution in [1.29, 1.82) is 0 Å². The first-order valence-electron chi connectivity index (χ1n) is 4.04. The molecule has 1 heterocycles. The molecule has 0 saturated carbocycles. The van der Waals surface area contributed by atoms with Gasteiger partial charge in [-0.05, 0) is 12.1 Å². The van der Waals surface area contributed by atoms with E-state index in [2.05, 4.69) is 4.99 Å². The molecule has 0 bridgehead atoms. The second-order valence-corrected chi connectivity index (χ2v) is 3.55. The zero-order valence-corrected chi connectivity index (χ0v) is 8.64. The molecule has 0 amide bonds. The van der Waals surface area contributed by atoms with Gasteiger partial charge >= 0.3 is 0 Å². The van der Waals surface area contributed by atoms with Crippen LogP contribution >= 0.6 is 23.2 Å². The topological polar surface area (TPSA) is 41.8 Å². The first-order valence-corrected chi connectivity index (χ1v) is 4.80. The third kappa shape index (κ3) is 1.53. The second-order valence-electron chi connectivity index (χ2n) is 2.80. The number of ether oxygens (including phenoxy) is 1. The Labute approximate surface area is 90.9 Å². The zero-order chi connectivity index (χ0) is 10.1. The molecule has 0 aliphatic carbocycles. The Morgan fingerprint density at radius 2 is 2.07 bits per heavy atom. The monoisotopic (exact) mass is 231 g/mol. The molecule has 14 heavy (non-hydrogen) atoms. The van der Waals surface area contributed by atoms with E-state index in [-0.39, 0.29) is 15.8 Å². The number of hydrogen-bond donors (Lipinski definition) is 1. The predicted octanol–water partition coefficient (Wildman–Crippen LogP) is 2.48. The van der Waals surface area contributed by atoms with Crippen molar-refractivity contribution in [3.05, 3.63) is 27.7 Å². The minimum atomic E-state index is -0.0426. The van der Waals surface area contributed by atoms with Crippen molar-refractivity contribution in [2.24, 2.45) is 4.99 Å². The van der Waals surface area contributed by atoms with E-state index >= 15 is 0 Å². The van der Waals surface area contributed by atoms with Crippen LogP contribution in [-0.2, 0) is 4.74 Å². The first kappa shape index (κ1) is 9.62. The lowest BCUT2D eigenvalue weighted by molar-refractivity contribution is 0.348. The minimum Gasteiger partial charge on any atom is -0.506 e. The van der Waals surface area contributed by atoms with Crippen LogP contribution in [0.3, 0.4) is 0 Å². The molecule has 0 fully saturated rings. The first-order chi connectivity index (χ1) is 6.70. The quantitative estimate of drug-likeness (QED) is 0.807. The van der Waals surface area contributed by atoms with E-state index in [9.17, 15) is 5.11 Å². The van der Waals surface area contributed by atoms with Crippen LogP contribution in [0.15, 0.2) is 17.1 Å². The molecule has 2 rings (SSSR count). The number of benzene rings is 1. The van der Waals surface area contributed by atoms with E-state index in [0.717, 1.165) is 0 Å². The van der Waals surface area contributed by atoms with Crippen molar-refractivity contribution in [3.8, 4) is 5.75 Å². The minimum absolute atomic E-state index is 0.0426. The summed E-state index contributed by atoms with van der Waals surface area (Å²) >= 11 is 11.7. The van der Waals surface area contributed by atoms with E-state index in [1.165, 1.54) is 6.07 Å². The van der Waals surface area contributed by atoms with E-state index in [4.69, 9.17) is 27.9 Å². The molecule has 5 heteroatoms. The van der Waals surface area contributed by atoms with Crippen LogP contribution in [0.2, 0.25) is 10.0 Å². The predicted molar refractivity (Wildman–Crippen MR) is 55.5 cm³/mol. The molecule has 0 spiro atoms. The maximum Gasteiger partial charge on any atom is 0.217 e. The molecule has 1 aliphatic rings. The Hall–Kier alpha value is -0.930. The van der Waals surface area contributed by atoms with Gasteiger partial charge in [0.05, 0.1) is 17.1 Å². The van der Waals surface area contributed by atoms with Crippen LogP contribution in [0.4, 0.5) is 0 Å². The Bertz CT molecular complexity index is 404. The van der Waals surface area contributed by atoms with E-state index in [0.29, 0.717) is 24.6 Å². The highest BCUT2D eigenvalue weighted by Crippen LogP contribution is 2.34. The van der Waals surface area contributed by atoms with Gasteiger partial charge in [-0.1, -0.05) is 23.2 Å². The van der Waals surface area contributed by atoms with E-state index in [1.54, 1.807) is 6.07 Å². The molecule has 0 aromatic heterocycles. The maximum absolute atomic E-state index is 9.27. The summed E-state index contributed by atoms with van der Waals surface area (Å²) in [5, 5.41) is 9.67. The molecule has 3 nitrogen and oxygen atoms in total. The second kappa shape index (κ2) is 3.67. The van der Waals surface area contributed by atoms with Gasteiger partial charge in [0.25, 0.3) is 0 Å². The van der Waals surface area contributed by atoms with Crippen molar-refractivity contribution >= 4 is 29.1 Å². The van der Waals surface area contributed by atoms with Gasteiger partial charge in [0.1, 0.15) is 17.4 Å². The summed E-state index contributed by atoms with van der Waals surface area (Å²) in [6.45, 7) is 1.19. The molecule has 0 saturated heterocycles. The molecule has 1 aromatic carbocycles. The largest absolute Gasteiger partial charge is 0.506 e. The third-order valence-corrected chi connectivity index (χ3v) is 2.75. The van der Waals surface area contributed by atoms with Crippen LogP contribution in [0.25, 0.3) is 0 Å². The van der Waals surface area contributed by atoms with Gasteiger partial charge in [-0.15, -0.1) is 0 Å². The van der Waals surface area contributed by atoms with Gasteiger partial charge in [0.15, 0.2) is 0 Å². The SMILES string of the molecule is Oc1ccc(C2=NCCO2)c(Cl)c1Cl. The highest BCUT2D eigenvalue weighted by Gasteiger charge is 2.17. The lowest BCUT2D eigenvalue weighted by atomic mass is 10.2. The van der Waals surface area contributed by atoms with Crippen LogP contribution in [-0.4, -0.2) is 24.2 Å². The average Bonchev–Trinajstić information content (AvgIpc) is 2.67. The molecule has 1 aliphatic heterocycles. The molecule has 0 unspecified atom stereocenters. The van der Waals surface area contributed by atoms with Crippen LogP contribution in [0.5, 0.6) is 5.75 Å². The Morgan fingerprint density at radius 1 is 1.29 bits per heavy atom. The van der Waals surface area contributed by atoms with Gasteiger partial charge in [0, 0.05) is 0 Å². The Morgan fingerprint density at radius 3 is 2.71 bits per heavy atom. The summed E-state index contributed by atoms with van der Waals surface area (Å²) in [5.74, 6) is 0.441. The lowest BCUT2D eigenvalue weighted by Crippen LogP contribution is -2.01. The third-order valence-electron chi connectivity index (χ3n) is 1.88. The van der Waals surface area contributed by atoms with Crippen molar-refractivity contribution < 1.29 is 9.84 Å². The smallest absolute Gasteiger partial charge is 0.217 e. The molecule has 1 N–H and O–H groups in total. The fourth-order valence-corrected chi connectivity index (χ4v) is 1.61. The summed E-state index contributed by atoms with van der Waals surface area (Å²) in [7, 11) is 0. The number of nitrogens with zero attached hydrogens (tertiary/aromatic N) is 1. The van der Waals surface area contributed by atoms with E-state index in [1.807, 2.05) is 0 Å². The summed E-state index contributed by atoms with van der Waals surface area (Å²) in [6, 6.07) is 3.10. The molecule has 1 aromatic rings. The van der Waals surface area contributed by atoms with Gasteiger partial charge in [0.2, 0.25) is 5.90 Å². The molecule has 74 valence electrons. The fourth-order valence-electron chi connectivity index (χ4n) is 1.20. The number of phenolic OH excluding ortho intramolecular Hbond substituents is 1. The van der Waals surface area contributed by atoms with Gasteiger partial charge in [-0.25, -0.2) is 4.99 Å². The van der Waals surface area contributed by atoms with Crippen LogP contribution < -0.4 is 0 Å². The fraction of sp³-hybridized carbons (Fsp3) is 0.222. The zero-order valence-electron chi connectivity index (χ0n) is 7.13.